The number of benzene rings is 2. The van der Waals surface area contributed by atoms with E-state index in [1.54, 1.807) is 18.2 Å². The van der Waals surface area contributed by atoms with Gasteiger partial charge in [-0.1, -0.05) is 50.5 Å². The Morgan fingerprint density at radius 3 is 2.27 bits per heavy atom. The van der Waals surface area contributed by atoms with Crippen molar-refractivity contribution in [3.63, 3.8) is 0 Å². The van der Waals surface area contributed by atoms with E-state index in [9.17, 15) is 8.78 Å². The van der Waals surface area contributed by atoms with Gasteiger partial charge in [-0.15, -0.1) is 0 Å². The topological polar surface area (TPSA) is 23.8 Å². The Balaban J connectivity index is 2.14. The molecule has 0 heterocycles. The van der Waals surface area contributed by atoms with E-state index in [-0.39, 0.29) is 11.1 Å². The average molecular weight is 299 g/mol. The van der Waals surface area contributed by atoms with Crippen LogP contribution in [0.5, 0.6) is 0 Å². The first-order chi connectivity index (χ1) is 10.7. The summed E-state index contributed by atoms with van der Waals surface area (Å²) in [6.45, 7) is 2.18. The normalized spacial score (nSPS) is 10.5. The summed E-state index contributed by atoms with van der Waals surface area (Å²) >= 11 is 0. The molecule has 0 fully saturated rings. The standard InChI is InChI=1S/C19H19F2N/c1-2-3-4-5-6-14-7-9-15(10-8-14)17-12-11-16(13-22)18(20)19(17)21/h7-12H,2-6H2,1H3. The number of unbranched alkanes of at least 4 members (excludes halogenated alkanes) is 3. The summed E-state index contributed by atoms with van der Waals surface area (Å²) < 4.78 is 27.7. The Kier molecular flexibility index (Phi) is 5.66. The van der Waals surface area contributed by atoms with Gasteiger partial charge < -0.3 is 0 Å². The molecule has 0 amide bonds. The predicted molar refractivity (Wildman–Crippen MR) is 84.4 cm³/mol. The van der Waals surface area contributed by atoms with Gasteiger partial charge in [-0.2, -0.15) is 5.26 Å². The maximum Gasteiger partial charge on any atom is 0.177 e. The highest BCUT2D eigenvalue weighted by Crippen LogP contribution is 2.26. The van der Waals surface area contributed by atoms with Crippen LogP contribution in [0.4, 0.5) is 8.78 Å². The summed E-state index contributed by atoms with van der Waals surface area (Å²) in [5.74, 6) is -2.04. The van der Waals surface area contributed by atoms with Crippen molar-refractivity contribution in [1.82, 2.24) is 0 Å². The van der Waals surface area contributed by atoms with Crippen LogP contribution in [0.2, 0.25) is 0 Å². The van der Waals surface area contributed by atoms with Crippen molar-refractivity contribution in [2.24, 2.45) is 0 Å². The first kappa shape index (κ1) is 16.2. The number of nitrogens with zero attached hydrogens (tertiary/aromatic N) is 1. The first-order valence-electron chi connectivity index (χ1n) is 7.64. The van der Waals surface area contributed by atoms with E-state index < -0.39 is 11.6 Å². The van der Waals surface area contributed by atoms with Crippen molar-refractivity contribution in [2.75, 3.05) is 0 Å². The Morgan fingerprint density at radius 2 is 1.64 bits per heavy atom. The fraction of sp³-hybridized carbons (Fsp3) is 0.316. The zero-order valence-electron chi connectivity index (χ0n) is 12.7. The van der Waals surface area contributed by atoms with Crippen molar-refractivity contribution in [3.8, 4) is 17.2 Å². The molecule has 2 aromatic carbocycles. The van der Waals surface area contributed by atoms with Crippen LogP contribution in [0.3, 0.4) is 0 Å². The second-order valence-corrected chi connectivity index (χ2v) is 5.41. The van der Waals surface area contributed by atoms with E-state index in [0.29, 0.717) is 5.56 Å². The van der Waals surface area contributed by atoms with Gasteiger partial charge in [-0.3, -0.25) is 0 Å². The number of nitriles is 1. The quantitative estimate of drug-likeness (QED) is 0.634. The summed E-state index contributed by atoms with van der Waals surface area (Å²) in [7, 11) is 0. The largest absolute Gasteiger partial charge is 0.203 e. The second-order valence-electron chi connectivity index (χ2n) is 5.41. The molecule has 0 aromatic heterocycles. The van der Waals surface area contributed by atoms with Crippen molar-refractivity contribution >= 4 is 0 Å². The maximum atomic E-state index is 14.0. The molecule has 1 nitrogen and oxygen atoms in total. The van der Waals surface area contributed by atoms with Gasteiger partial charge >= 0.3 is 0 Å². The van der Waals surface area contributed by atoms with E-state index in [2.05, 4.69) is 6.92 Å². The zero-order valence-corrected chi connectivity index (χ0v) is 12.7. The third kappa shape index (κ3) is 3.71. The molecule has 0 bridgehead atoms. The molecule has 0 spiro atoms. The number of rotatable bonds is 6. The summed E-state index contributed by atoms with van der Waals surface area (Å²) in [5.41, 5.74) is 1.75. The number of aryl methyl sites for hydroxylation is 1. The van der Waals surface area contributed by atoms with Crippen LogP contribution in [-0.2, 0) is 6.42 Å². The molecule has 0 aliphatic heterocycles. The summed E-state index contributed by atoms with van der Waals surface area (Å²) in [6, 6.07) is 11.9. The Morgan fingerprint density at radius 1 is 0.909 bits per heavy atom. The number of hydrogen-bond acceptors (Lipinski definition) is 1. The van der Waals surface area contributed by atoms with Gasteiger partial charge in [-0.25, -0.2) is 8.78 Å². The molecule has 0 aliphatic carbocycles. The Labute approximate surface area is 130 Å². The third-order valence-corrected chi connectivity index (χ3v) is 3.79. The van der Waals surface area contributed by atoms with Gasteiger partial charge in [0.1, 0.15) is 6.07 Å². The molecule has 0 N–H and O–H groups in total. The van der Waals surface area contributed by atoms with Gasteiger partial charge in [0.05, 0.1) is 5.56 Å². The van der Waals surface area contributed by atoms with Crippen LogP contribution in [0, 0.1) is 23.0 Å². The maximum absolute atomic E-state index is 14.0. The minimum atomic E-state index is -1.08. The highest BCUT2D eigenvalue weighted by Gasteiger charge is 2.14. The predicted octanol–water partition coefficient (Wildman–Crippen LogP) is 5.63. The molecular weight excluding hydrogens is 280 g/mol. The monoisotopic (exact) mass is 299 g/mol. The van der Waals surface area contributed by atoms with Crippen LogP contribution in [-0.4, -0.2) is 0 Å². The summed E-state index contributed by atoms with van der Waals surface area (Å²) in [4.78, 5) is 0. The van der Waals surface area contributed by atoms with Crippen LogP contribution < -0.4 is 0 Å². The number of hydrogen-bond donors (Lipinski definition) is 0. The molecule has 22 heavy (non-hydrogen) atoms. The molecule has 114 valence electrons. The van der Waals surface area contributed by atoms with E-state index in [0.717, 1.165) is 12.8 Å². The molecule has 2 rings (SSSR count). The van der Waals surface area contributed by atoms with Crippen molar-refractivity contribution in [2.45, 2.75) is 39.0 Å². The number of halogens is 2. The lowest BCUT2D eigenvalue weighted by Crippen LogP contribution is -1.94. The molecular formula is C19H19F2N. The molecule has 2 aromatic rings. The average Bonchev–Trinajstić information content (AvgIpc) is 2.55. The molecule has 3 heteroatoms. The molecule has 0 saturated heterocycles. The lowest BCUT2D eigenvalue weighted by molar-refractivity contribution is 0.509. The lowest BCUT2D eigenvalue weighted by atomic mass is 9.99. The zero-order chi connectivity index (χ0) is 15.9. The lowest BCUT2D eigenvalue weighted by Gasteiger charge is -2.07. The minimum Gasteiger partial charge on any atom is -0.203 e. The minimum absolute atomic E-state index is 0.189. The highest BCUT2D eigenvalue weighted by molar-refractivity contribution is 5.65. The Hall–Kier alpha value is -2.21. The van der Waals surface area contributed by atoms with Crippen molar-refractivity contribution in [1.29, 1.82) is 5.26 Å². The summed E-state index contributed by atoms with van der Waals surface area (Å²) in [5, 5.41) is 8.70. The van der Waals surface area contributed by atoms with E-state index in [4.69, 9.17) is 5.26 Å². The van der Waals surface area contributed by atoms with Crippen LogP contribution in [0.15, 0.2) is 36.4 Å². The smallest absolute Gasteiger partial charge is 0.177 e. The van der Waals surface area contributed by atoms with E-state index in [1.807, 2.05) is 12.1 Å². The molecule has 0 aliphatic rings. The van der Waals surface area contributed by atoms with E-state index in [1.165, 1.54) is 37.0 Å². The van der Waals surface area contributed by atoms with E-state index >= 15 is 0 Å². The molecule has 0 unspecified atom stereocenters. The van der Waals surface area contributed by atoms with Crippen molar-refractivity contribution in [3.05, 3.63) is 59.2 Å². The van der Waals surface area contributed by atoms with Gasteiger partial charge in [0.2, 0.25) is 0 Å². The first-order valence-corrected chi connectivity index (χ1v) is 7.64. The van der Waals surface area contributed by atoms with Gasteiger partial charge in [0.15, 0.2) is 11.6 Å². The van der Waals surface area contributed by atoms with Gasteiger partial charge in [0.25, 0.3) is 0 Å². The van der Waals surface area contributed by atoms with Crippen LogP contribution in [0.1, 0.15) is 43.7 Å². The molecule has 0 atom stereocenters. The fourth-order valence-corrected chi connectivity index (χ4v) is 2.47. The molecule has 0 saturated carbocycles. The Bertz CT molecular complexity index is 669. The van der Waals surface area contributed by atoms with Gasteiger partial charge in [0, 0.05) is 5.56 Å². The highest BCUT2D eigenvalue weighted by atomic mass is 19.2. The fourth-order valence-electron chi connectivity index (χ4n) is 2.47. The second kappa shape index (κ2) is 7.70. The third-order valence-electron chi connectivity index (χ3n) is 3.79. The SMILES string of the molecule is CCCCCCc1ccc(-c2ccc(C#N)c(F)c2F)cc1. The molecule has 0 radical (unpaired) electrons. The van der Waals surface area contributed by atoms with Crippen LogP contribution in [0.25, 0.3) is 11.1 Å². The van der Waals surface area contributed by atoms with Gasteiger partial charge in [-0.05, 0) is 36.1 Å². The van der Waals surface area contributed by atoms with Crippen LogP contribution >= 0.6 is 0 Å². The summed E-state index contributed by atoms with van der Waals surface area (Å²) in [6.07, 6.45) is 5.82. The van der Waals surface area contributed by atoms with Crippen molar-refractivity contribution < 1.29 is 8.78 Å².